The van der Waals surface area contributed by atoms with Crippen LogP contribution in [-0.2, 0) is 11.3 Å². The summed E-state index contributed by atoms with van der Waals surface area (Å²) in [5.41, 5.74) is 2.05. The number of aliphatic carboxylic acids is 1. The standard InChI is InChI=1S/C14H21NO2/c1-3-4-9-15-10-12-5-7-13(8-6-12)11(2)14(16)17/h5-8,11,15H,3-4,9-10H2,1-2H3,(H,16,17). The monoisotopic (exact) mass is 235 g/mol. The summed E-state index contributed by atoms with van der Waals surface area (Å²) in [5.74, 6) is -1.21. The summed E-state index contributed by atoms with van der Waals surface area (Å²) in [4.78, 5) is 10.8. The molecule has 0 radical (unpaired) electrons. The highest BCUT2D eigenvalue weighted by Gasteiger charge is 2.12. The molecule has 0 fully saturated rings. The Labute approximate surface area is 103 Å². The number of carbonyl (C=O) groups is 1. The molecule has 1 rings (SSSR count). The van der Waals surface area contributed by atoms with Crippen LogP contribution < -0.4 is 5.32 Å². The number of hydrogen-bond acceptors (Lipinski definition) is 2. The number of hydrogen-bond donors (Lipinski definition) is 2. The van der Waals surface area contributed by atoms with Gasteiger partial charge in [0.1, 0.15) is 0 Å². The third kappa shape index (κ3) is 4.57. The van der Waals surface area contributed by atoms with E-state index in [0.717, 1.165) is 18.7 Å². The maximum atomic E-state index is 10.8. The number of nitrogens with one attached hydrogen (secondary N) is 1. The van der Waals surface area contributed by atoms with Crippen LogP contribution in [0.15, 0.2) is 24.3 Å². The number of benzene rings is 1. The van der Waals surface area contributed by atoms with Crippen molar-refractivity contribution in [2.75, 3.05) is 6.54 Å². The molecular weight excluding hydrogens is 214 g/mol. The van der Waals surface area contributed by atoms with Crippen molar-refractivity contribution in [3.63, 3.8) is 0 Å². The molecule has 3 nitrogen and oxygen atoms in total. The lowest BCUT2D eigenvalue weighted by Gasteiger charge is -2.08. The van der Waals surface area contributed by atoms with Gasteiger partial charge in [0.05, 0.1) is 5.92 Å². The summed E-state index contributed by atoms with van der Waals surface area (Å²) in [5, 5.41) is 12.3. The third-order valence-corrected chi connectivity index (χ3v) is 2.89. The lowest BCUT2D eigenvalue weighted by atomic mass is 10.00. The van der Waals surface area contributed by atoms with E-state index in [-0.39, 0.29) is 0 Å². The Balaban J connectivity index is 2.47. The largest absolute Gasteiger partial charge is 0.481 e. The fraction of sp³-hybridized carbons (Fsp3) is 0.500. The molecule has 0 aliphatic carbocycles. The fourth-order valence-corrected chi connectivity index (χ4v) is 1.60. The van der Waals surface area contributed by atoms with Crippen LogP contribution in [0.5, 0.6) is 0 Å². The molecule has 0 aromatic heterocycles. The maximum absolute atomic E-state index is 10.8. The lowest BCUT2D eigenvalue weighted by Crippen LogP contribution is -2.14. The molecule has 0 amide bonds. The zero-order chi connectivity index (χ0) is 12.7. The Kier molecular flexibility index (Phi) is 5.70. The van der Waals surface area contributed by atoms with Gasteiger partial charge < -0.3 is 10.4 Å². The molecular formula is C14H21NO2. The van der Waals surface area contributed by atoms with Gasteiger partial charge in [0.25, 0.3) is 0 Å². The number of rotatable bonds is 7. The SMILES string of the molecule is CCCCNCc1ccc(C(C)C(=O)O)cc1. The van der Waals surface area contributed by atoms with Crippen molar-refractivity contribution in [1.29, 1.82) is 0 Å². The van der Waals surface area contributed by atoms with Crippen LogP contribution in [0.3, 0.4) is 0 Å². The van der Waals surface area contributed by atoms with Crippen molar-refractivity contribution in [3.8, 4) is 0 Å². The molecule has 3 heteroatoms. The molecule has 2 N–H and O–H groups in total. The second-order valence-corrected chi connectivity index (χ2v) is 4.33. The van der Waals surface area contributed by atoms with Crippen molar-refractivity contribution in [3.05, 3.63) is 35.4 Å². The molecule has 0 saturated carbocycles. The molecule has 1 aromatic carbocycles. The lowest BCUT2D eigenvalue weighted by molar-refractivity contribution is -0.138. The molecule has 0 aliphatic rings. The second kappa shape index (κ2) is 7.07. The molecule has 1 atom stereocenters. The van der Waals surface area contributed by atoms with Crippen LogP contribution >= 0.6 is 0 Å². The van der Waals surface area contributed by atoms with Crippen LogP contribution in [0.2, 0.25) is 0 Å². The van der Waals surface area contributed by atoms with E-state index >= 15 is 0 Å². The highest BCUT2D eigenvalue weighted by Crippen LogP contribution is 2.15. The summed E-state index contributed by atoms with van der Waals surface area (Å²) in [7, 11) is 0. The summed E-state index contributed by atoms with van der Waals surface area (Å²) >= 11 is 0. The van der Waals surface area contributed by atoms with Gasteiger partial charge >= 0.3 is 5.97 Å². The van der Waals surface area contributed by atoms with E-state index in [2.05, 4.69) is 12.2 Å². The molecule has 0 aliphatic heterocycles. The first kappa shape index (κ1) is 13.7. The Morgan fingerprint density at radius 2 is 2.00 bits per heavy atom. The number of carboxylic acid groups (broad SMARTS) is 1. The molecule has 94 valence electrons. The van der Waals surface area contributed by atoms with E-state index in [9.17, 15) is 4.79 Å². The quantitative estimate of drug-likeness (QED) is 0.714. The normalized spacial score (nSPS) is 12.4. The van der Waals surface area contributed by atoms with Crippen molar-refractivity contribution in [1.82, 2.24) is 5.32 Å². The average Bonchev–Trinajstić information content (AvgIpc) is 2.34. The smallest absolute Gasteiger partial charge is 0.310 e. The highest BCUT2D eigenvalue weighted by molar-refractivity contribution is 5.75. The first-order valence-electron chi connectivity index (χ1n) is 6.17. The summed E-state index contributed by atoms with van der Waals surface area (Å²) in [6.45, 7) is 5.76. The van der Waals surface area contributed by atoms with Crippen LogP contribution in [0.4, 0.5) is 0 Å². The van der Waals surface area contributed by atoms with E-state index in [4.69, 9.17) is 5.11 Å². The zero-order valence-electron chi connectivity index (χ0n) is 10.6. The topological polar surface area (TPSA) is 49.3 Å². The fourth-order valence-electron chi connectivity index (χ4n) is 1.60. The second-order valence-electron chi connectivity index (χ2n) is 4.33. The molecule has 0 heterocycles. The number of unbranched alkanes of at least 4 members (excludes halogenated alkanes) is 1. The minimum atomic E-state index is -0.779. The maximum Gasteiger partial charge on any atom is 0.310 e. The van der Waals surface area contributed by atoms with E-state index < -0.39 is 11.9 Å². The summed E-state index contributed by atoms with van der Waals surface area (Å²) in [6.07, 6.45) is 2.39. The van der Waals surface area contributed by atoms with Gasteiger partial charge in [0.2, 0.25) is 0 Å². The summed E-state index contributed by atoms with van der Waals surface area (Å²) < 4.78 is 0. The van der Waals surface area contributed by atoms with Crippen molar-refractivity contribution in [2.45, 2.75) is 39.2 Å². The van der Waals surface area contributed by atoms with Gasteiger partial charge in [0, 0.05) is 6.54 Å². The van der Waals surface area contributed by atoms with Gasteiger partial charge in [-0.05, 0) is 31.0 Å². The molecule has 1 unspecified atom stereocenters. The van der Waals surface area contributed by atoms with E-state index in [1.54, 1.807) is 6.92 Å². The predicted molar refractivity (Wildman–Crippen MR) is 69.1 cm³/mol. The Morgan fingerprint density at radius 3 is 2.53 bits per heavy atom. The van der Waals surface area contributed by atoms with Crippen LogP contribution in [-0.4, -0.2) is 17.6 Å². The Morgan fingerprint density at radius 1 is 1.35 bits per heavy atom. The predicted octanol–water partition coefficient (Wildman–Crippen LogP) is 2.76. The Hall–Kier alpha value is -1.35. The van der Waals surface area contributed by atoms with Gasteiger partial charge in [-0.15, -0.1) is 0 Å². The van der Waals surface area contributed by atoms with Crippen molar-refractivity contribution < 1.29 is 9.90 Å². The first-order valence-corrected chi connectivity index (χ1v) is 6.17. The number of carboxylic acids is 1. The highest BCUT2D eigenvalue weighted by atomic mass is 16.4. The van der Waals surface area contributed by atoms with Gasteiger partial charge in [-0.2, -0.15) is 0 Å². The van der Waals surface area contributed by atoms with Crippen molar-refractivity contribution in [2.24, 2.45) is 0 Å². The van der Waals surface area contributed by atoms with E-state index in [1.165, 1.54) is 18.4 Å². The molecule has 0 bridgehead atoms. The van der Waals surface area contributed by atoms with Gasteiger partial charge in [-0.1, -0.05) is 37.6 Å². The minimum absolute atomic E-state index is 0.433. The van der Waals surface area contributed by atoms with Crippen LogP contribution in [0, 0.1) is 0 Å². The van der Waals surface area contributed by atoms with Crippen LogP contribution in [0.1, 0.15) is 43.7 Å². The molecule has 0 saturated heterocycles. The zero-order valence-corrected chi connectivity index (χ0v) is 10.6. The first-order chi connectivity index (χ1) is 8.15. The minimum Gasteiger partial charge on any atom is -0.481 e. The average molecular weight is 235 g/mol. The third-order valence-electron chi connectivity index (χ3n) is 2.89. The Bertz CT molecular complexity index is 346. The summed E-state index contributed by atoms with van der Waals surface area (Å²) in [6, 6.07) is 7.78. The van der Waals surface area contributed by atoms with E-state index in [0.29, 0.717) is 0 Å². The molecule has 1 aromatic rings. The van der Waals surface area contributed by atoms with Gasteiger partial charge in [0.15, 0.2) is 0 Å². The van der Waals surface area contributed by atoms with Crippen molar-refractivity contribution >= 4 is 5.97 Å². The van der Waals surface area contributed by atoms with Gasteiger partial charge in [-0.25, -0.2) is 0 Å². The van der Waals surface area contributed by atoms with Crippen LogP contribution in [0.25, 0.3) is 0 Å². The molecule has 17 heavy (non-hydrogen) atoms. The van der Waals surface area contributed by atoms with E-state index in [1.807, 2.05) is 24.3 Å². The van der Waals surface area contributed by atoms with Gasteiger partial charge in [-0.3, -0.25) is 4.79 Å². The molecule has 0 spiro atoms.